The van der Waals surface area contributed by atoms with Crippen LogP contribution in [-0.2, 0) is 16.6 Å². The van der Waals surface area contributed by atoms with Crippen LogP contribution in [0.1, 0.15) is 15.9 Å². The van der Waals surface area contributed by atoms with Crippen LogP contribution in [0.4, 0.5) is 20.2 Å². The lowest BCUT2D eigenvalue weighted by atomic mass is 10.1. The number of rotatable bonds is 6. The average Bonchev–Trinajstić information content (AvgIpc) is 2.69. The summed E-state index contributed by atoms with van der Waals surface area (Å²) in [5.41, 5.74) is 1.29. The first-order valence-corrected chi connectivity index (χ1v) is 11.0. The van der Waals surface area contributed by atoms with E-state index in [1.165, 1.54) is 34.6 Å². The minimum atomic E-state index is -3.63. The second kappa shape index (κ2) is 8.81. The summed E-state index contributed by atoms with van der Waals surface area (Å²) in [5.74, 6) is -2.65. The second-order valence-electron chi connectivity index (χ2n) is 6.49. The molecule has 0 heterocycles. The molecule has 1 N–H and O–H groups in total. The molecule has 0 saturated heterocycles. The van der Waals surface area contributed by atoms with Crippen LogP contribution < -0.4 is 9.62 Å². The Kier molecular flexibility index (Phi) is 6.38. The number of nitrogens with one attached hydrogen (secondary N) is 1. The van der Waals surface area contributed by atoms with Crippen molar-refractivity contribution in [2.24, 2.45) is 0 Å². The van der Waals surface area contributed by atoms with E-state index in [0.29, 0.717) is 16.3 Å². The Morgan fingerprint density at radius 3 is 2.27 bits per heavy atom. The minimum Gasteiger partial charge on any atom is -0.322 e. The zero-order valence-corrected chi connectivity index (χ0v) is 17.3. The van der Waals surface area contributed by atoms with Crippen LogP contribution >= 0.6 is 11.6 Å². The smallest absolute Gasteiger partial charge is 0.255 e. The van der Waals surface area contributed by atoms with Crippen molar-refractivity contribution in [2.75, 3.05) is 15.9 Å². The van der Waals surface area contributed by atoms with Crippen LogP contribution in [0.15, 0.2) is 66.7 Å². The fraction of sp³-hybridized carbons (Fsp3) is 0.0952. The Morgan fingerprint density at radius 2 is 1.67 bits per heavy atom. The van der Waals surface area contributed by atoms with Crippen molar-refractivity contribution in [1.29, 1.82) is 0 Å². The van der Waals surface area contributed by atoms with Gasteiger partial charge in [-0.3, -0.25) is 9.10 Å². The van der Waals surface area contributed by atoms with Gasteiger partial charge in [-0.2, -0.15) is 0 Å². The Hall–Kier alpha value is -2.97. The van der Waals surface area contributed by atoms with Crippen LogP contribution in [0.3, 0.4) is 0 Å². The normalized spacial score (nSPS) is 11.2. The molecule has 9 heteroatoms. The fourth-order valence-electron chi connectivity index (χ4n) is 2.74. The number of nitrogens with zero attached hydrogens (tertiary/aromatic N) is 1. The van der Waals surface area contributed by atoms with Crippen molar-refractivity contribution < 1.29 is 22.0 Å². The largest absolute Gasteiger partial charge is 0.322 e. The zero-order valence-electron chi connectivity index (χ0n) is 15.8. The van der Waals surface area contributed by atoms with Crippen LogP contribution in [0, 0.1) is 11.6 Å². The number of hydrogen-bond acceptors (Lipinski definition) is 3. The lowest BCUT2D eigenvalue weighted by Crippen LogP contribution is -2.29. The fourth-order valence-corrected chi connectivity index (χ4v) is 3.81. The van der Waals surface area contributed by atoms with Gasteiger partial charge in [0.1, 0.15) is 0 Å². The van der Waals surface area contributed by atoms with Crippen molar-refractivity contribution in [2.45, 2.75) is 6.54 Å². The van der Waals surface area contributed by atoms with Gasteiger partial charge in [-0.15, -0.1) is 0 Å². The number of anilines is 2. The molecule has 0 spiro atoms. The van der Waals surface area contributed by atoms with Crippen LogP contribution in [-0.4, -0.2) is 20.6 Å². The van der Waals surface area contributed by atoms with Gasteiger partial charge < -0.3 is 5.32 Å². The topological polar surface area (TPSA) is 66.5 Å². The molecule has 0 saturated carbocycles. The number of benzene rings is 3. The molecule has 0 aromatic heterocycles. The molecule has 30 heavy (non-hydrogen) atoms. The molecule has 0 bridgehead atoms. The summed E-state index contributed by atoms with van der Waals surface area (Å²) in [4.78, 5) is 12.3. The quantitative estimate of drug-likeness (QED) is 0.584. The van der Waals surface area contributed by atoms with Gasteiger partial charge >= 0.3 is 0 Å². The molecule has 0 atom stereocenters. The van der Waals surface area contributed by atoms with E-state index < -0.39 is 27.6 Å². The number of carbonyl (C=O) groups is 1. The van der Waals surface area contributed by atoms with E-state index in [2.05, 4.69) is 5.32 Å². The van der Waals surface area contributed by atoms with Crippen LogP contribution in [0.5, 0.6) is 0 Å². The maximum absolute atomic E-state index is 13.3. The molecule has 0 aliphatic heterocycles. The van der Waals surface area contributed by atoms with E-state index in [1.807, 2.05) is 0 Å². The van der Waals surface area contributed by atoms with E-state index in [4.69, 9.17) is 11.6 Å². The number of sulfonamides is 1. The van der Waals surface area contributed by atoms with Crippen molar-refractivity contribution >= 4 is 38.9 Å². The molecule has 0 radical (unpaired) electrons. The Morgan fingerprint density at radius 1 is 1.00 bits per heavy atom. The van der Waals surface area contributed by atoms with Gasteiger partial charge in [-0.25, -0.2) is 17.2 Å². The molecule has 0 aliphatic carbocycles. The van der Waals surface area contributed by atoms with Gasteiger partial charge in [0.05, 0.1) is 18.5 Å². The van der Waals surface area contributed by atoms with E-state index in [9.17, 15) is 22.0 Å². The molecule has 0 aliphatic rings. The molecule has 1 amide bonds. The van der Waals surface area contributed by atoms with E-state index >= 15 is 0 Å². The summed E-state index contributed by atoms with van der Waals surface area (Å²) in [6, 6.07) is 15.8. The van der Waals surface area contributed by atoms with Gasteiger partial charge in [-0.1, -0.05) is 29.8 Å². The van der Waals surface area contributed by atoms with E-state index in [-0.39, 0.29) is 17.8 Å². The standard InChI is InChI=1S/C21H17ClF2N2O3S/c1-30(28,29)26(13-15-4-2-3-5-18(15)22)17-9-6-14(7-10-17)21(27)25-16-8-11-19(23)20(24)12-16/h2-12H,13H2,1H3,(H,25,27). The number of hydrogen-bond donors (Lipinski definition) is 1. The highest BCUT2D eigenvalue weighted by Gasteiger charge is 2.19. The lowest BCUT2D eigenvalue weighted by molar-refractivity contribution is 0.102. The monoisotopic (exact) mass is 450 g/mol. The van der Waals surface area contributed by atoms with Gasteiger partial charge in [0.25, 0.3) is 5.91 Å². The van der Waals surface area contributed by atoms with Crippen molar-refractivity contribution in [3.63, 3.8) is 0 Å². The van der Waals surface area contributed by atoms with Gasteiger partial charge in [0.15, 0.2) is 11.6 Å². The summed E-state index contributed by atoms with van der Waals surface area (Å²) >= 11 is 6.15. The first-order chi connectivity index (χ1) is 14.1. The summed E-state index contributed by atoms with van der Waals surface area (Å²) in [6.07, 6.45) is 1.08. The predicted octanol–water partition coefficient (Wildman–Crippen LogP) is 4.84. The van der Waals surface area contributed by atoms with Crippen molar-refractivity contribution in [1.82, 2.24) is 0 Å². The SMILES string of the molecule is CS(=O)(=O)N(Cc1ccccc1Cl)c1ccc(C(=O)Nc2ccc(F)c(F)c2)cc1. The Labute approximate surface area is 178 Å². The number of amides is 1. The number of halogens is 3. The molecule has 0 unspecified atom stereocenters. The number of carbonyl (C=O) groups excluding carboxylic acids is 1. The summed E-state index contributed by atoms with van der Waals surface area (Å²) in [7, 11) is -3.63. The van der Waals surface area contributed by atoms with Crippen LogP contribution in [0.2, 0.25) is 5.02 Å². The molecule has 3 aromatic rings. The molecular weight excluding hydrogens is 434 g/mol. The first-order valence-electron chi connectivity index (χ1n) is 8.73. The third-order valence-corrected chi connectivity index (χ3v) is 5.78. The maximum Gasteiger partial charge on any atom is 0.255 e. The third kappa shape index (κ3) is 5.14. The van der Waals surface area contributed by atoms with Crippen LogP contribution in [0.25, 0.3) is 0 Å². The zero-order chi connectivity index (χ0) is 21.9. The summed E-state index contributed by atoms with van der Waals surface area (Å²) in [6.45, 7) is 0.0267. The highest BCUT2D eigenvalue weighted by molar-refractivity contribution is 7.92. The molecule has 5 nitrogen and oxygen atoms in total. The minimum absolute atomic E-state index is 0.0267. The Bertz CT molecular complexity index is 1190. The maximum atomic E-state index is 13.3. The summed E-state index contributed by atoms with van der Waals surface area (Å²) < 4.78 is 52.1. The van der Waals surface area contributed by atoms with Gasteiger partial charge in [-0.05, 0) is 48.0 Å². The Balaban J connectivity index is 1.81. The third-order valence-electron chi connectivity index (χ3n) is 4.27. The van der Waals surface area contributed by atoms with Crippen molar-refractivity contribution in [3.8, 4) is 0 Å². The summed E-state index contributed by atoms with van der Waals surface area (Å²) in [5, 5.41) is 2.90. The first kappa shape index (κ1) is 21.7. The highest BCUT2D eigenvalue weighted by Crippen LogP contribution is 2.25. The molecule has 3 rings (SSSR count). The van der Waals surface area contributed by atoms with Gasteiger partial charge in [0.2, 0.25) is 10.0 Å². The van der Waals surface area contributed by atoms with Gasteiger partial charge in [0, 0.05) is 22.3 Å². The molecular formula is C21H17ClF2N2O3S. The second-order valence-corrected chi connectivity index (χ2v) is 8.80. The predicted molar refractivity (Wildman–Crippen MR) is 113 cm³/mol. The highest BCUT2D eigenvalue weighted by atomic mass is 35.5. The molecule has 3 aromatic carbocycles. The lowest BCUT2D eigenvalue weighted by Gasteiger charge is -2.23. The molecule has 156 valence electrons. The van der Waals surface area contributed by atoms with E-state index in [0.717, 1.165) is 18.4 Å². The molecule has 0 fully saturated rings. The van der Waals surface area contributed by atoms with Crippen molar-refractivity contribution in [3.05, 3.63) is 94.5 Å². The van der Waals surface area contributed by atoms with E-state index in [1.54, 1.807) is 24.3 Å². The average molecular weight is 451 g/mol.